The Morgan fingerprint density at radius 2 is 2.00 bits per heavy atom. The van der Waals surface area contributed by atoms with Gasteiger partial charge in [-0.25, -0.2) is 9.98 Å². The molecular formula is C20H16F3N3OS. The Hall–Kier alpha value is -2.66. The van der Waals surface area contributed by atoms with Crippen LogP contribution in [0.2, 0.25) is 0 Å². The van der Waals surface area contributed by atoms with E-state index in [0.29, 0.717) is 10.6 Å². The summed E-state index contributed by atoms with van der Waals surface area (Å²) in [5.41, 5.74) is 0.284. The van der Waals surface area contributed by atoms with Gasteiger partial charge in [-0.15, -0.1) is 0 Å². The molecule has 1 aromatic heterocycles. The van der Waals surface area contributed by atoms with Gasteiger partial charge in [-0.2, -0.15) is 18.4 Å². The summed E-state index contributed by atoms with van der Waals surface area (Å²) in [6, 6.07) is 10.6. The number of carbonyl (C=O) groups excluding carboxylic acids is 1. The fraction of sp³-hybridized carbons (Fsp3) is 0.300. The number of nitrogens with zero attached hydrogens (tertiary/aromatic N) is 3. The second-order valence-corrected chi connectivity index (χ2v) is 8.17. The maximum absolute atomic E-state index is 13.3. The lowest BCUT2D eigenvalue weighted by molar-refractivity contribution is -0.138. The number of hydrogen-bond donors (Lipinski definition) is 0. The van der Waals surface area contributed by atoms with Gasteiger partial charge in [0.2, 0.25) is 0 Å². The molecule has 1 aliphatic rings. The van der Waals surface area contributed by atoms with E-state index < -0.39 is 22.4 Å². The number of nitriles is 1. The molecule has 0 saturated carbocycles. The average molecular weight is 403 g/mol. The van der Waals surface area contributed by atoms with Gasteiger partial charge in [0.25, 0.3) is 5.91 Å². The highest BCUT2D eigenvalue weighted by molar-refractivity contribution is 8.15. The zero-order chi connectivity index (χ0) is 20.5. The molecule has 1 aliphatic heterocycles. The Morgan fingerprint density at radius 1 is 1.29 bits per heavy atom. The van der Waals surface area contributed by atoms with Crippen molar-refractivity contribution in [1.82, 2.24) is 4.98 Å². The van der Waals surface area contributed by atoms with Crippen LogP contribution in [0.5, 0.6) is 0 Å². The molecule has 0 spiro atoms. The van der Waals surface area contributed by atoms with Crippen LogP contribution in [0.15, 0.2) is 47.6 Å². The first-order valence-corrected chi connectivity index (χ1v) is 9.30. The van der Waals surface area contributed by atoms with Gasteiger partial charge in [-0.3, -0.25) is 4.79 Å². The van der Waals surface area contributed by atoms with E-state index in [1.54, 1.807) is 26.0 Å². The lowest BCUT2D eigenvalue weighted by atomic mass is 9.93. The molecule has 3 rings (SSSR count). The molecule has 2 atom stereocenters. The first-order chi connectivity index (χ1) is 13.1. The highest BCUT2D eigenvalue weighted by atomic mass is 32.2. The molecule has 1 aromatic carbocycles. The largest absolute Gasteiger partial charge is 0.416 e. The third-order valence-corrected chi connectivity index (χ3v) is 5.97. The molecule has 2 heterocycles. The molecular weight excluding hydrogens is 387 g/mol. The Kier molecular flexibility index (Phi) is 5.31. The minimum Gasteiger partial charge on any atom is -0.271 e. The van der Waals surface area contributed by atoms with Gasteiger partial charge in [0, 0.05) is 12.6 Å². The van der Waals surface area contributed by atoms with Crippen LogP contribution in [0.4, 0.5) is 13.2 Å². The number of aliphatic imine (C=N–C) groups is 1. The van der Waals surface area contributed by atoms with Gasteiger partial charge in [-0.1, -0.05) is 36.9 Å². The number of thioether (sulfide) groups is 1. The molecule has 0 fully saturated rings. The fourth-order valence-electron chi connectivity index (χ4n) is 3.14. The highest BCUT2D eigenvalue weighted by Gasteiger charge is 2.43. The summed E-state index contributed by atoms with van der Waals surface area (Å²) in [6.45, 7) is 3.38. The molecule has 144 valence electrons. The molecule has 2 aromatic rings. The summed E-state index contributed by atoms with van der Waals surface area (Å²) in [5.74, 6) is -0.856. The number of carbonyl (C=O) groups is 1. The summed E-state index contributed by atoms with van der Waals surface area (Å²) in [4.78, 5) is 20.5. The topological polar surface area (TPSA) is 66.1 Å². The van der Waals surface area contributed by atoms with Gasteiger partial charge >= 0.3 is 6.18 Å². The predicted molar refractivity (Wildman–Crippen MR) is 101 cm³/mol. The first-order valence-electron chi connectivity index (χ1n) is 8.49. The maximum atomic E-state index is 13.3. The fourth-order valence-corrected chi connectivity index (χ4v) is 4.45. The zero-order valence-electron chi connectivity index (χ0n) is 15.1. The smallest absolute Gasteiger partial charge is 0.271 e. The molecule has 0 N–H and O–H groups in total. The molecule has 1 unspecified atom stereocenters. The van der Waals surface area contributed by atoms with E-state index in [1.165, 1.54) is 36.2 Å². The summed E-state index contributed by atoms with van der Waals surface area (Å²) in [6.07, 6.45) is -2.77. The second-order valence-electron chi connectivity index (χ2n) is 6.68. The molecule has 0 saturated heterocycles. The minimum atomic E-state index is -4.44. The molecule has 1 amide bonds. The van der Waals surface area contributed by atoms with E-state index >= 15 is 0 Å². The van der Waals surface area contributed by atoms with Crippen LogP contribution in [0.3, 0.4) is 0 Å². The monoisotopic (exact) mass is 403 g/mol. The second kappa shape index (κ2) is 7.40. The third kappa shape index (κ3) is 3.80. The normalized spacial score (nSPS) is 20.6. The van der Waals surface area contributed by atoms with Crippen LogP contribution in [0.25, 0.3) is 0 Å². The summed E-state index contributed by atoms with van der Waals surface area (Å²) >= 11 is 1.21. The summed E-state index contributed by atoms with van der Waals surface area (Å²) < 4.78 is 38.8. The van der Waals surface area contributed by atoms with Crippen molar-refractivity contribution in [3.05, 3.63) is 65.0 Å². The molecule has 4 nitrogen and oxygen atoms in total. The van der Waals surface area contributed by atoms with Crippen molar-refractivity contribution < 1.29 is 18.0 Å². The zero-order valence-corrected chi connectivity index (χ0v) is 15.9. The maximum Gasteiger partial charge on any atom is 0.416 e. The quantitative estimate of drug-likeness (QED) is 0.716. The number of halogens is 3. The van der Waals surface area contributed by atoms with Crippen molar-refractivity contribution in [3.63, 3.8) is 0 Å². The van der Waals surface area contributed by atoms with E-state index in [0.717, 1.165) is 6.07 Å². The van der Waals surface area contributed by atoms with Crippen molar-refractivity contribution in [3.8, 4) is 6.07 Å². The van der Waals surface area contributed by atoms with E-state index in [9.17, 15) is 18.0 Å². The Labute approximate surface area is 164 Å². The van der Waals surface area contributed by atoms with Crippen LogP contribution in [-0.4, -0.2) is 15.9 Å². The Morgan fingerprint density at radius 3 is 2.68 bits per heavy atom. The predicted octanol–water partition coefficient (Wildman–Crippen LogP) is 5.05. The lowest BCUT2D eigenvalue weighted by Gasteiger charge is -2.22. The average Bonchev–Trinajstić information content (AvgIpc) is 2.95. The minimum absolute atomic E-state index is 0.176. The van der Waals surface area contributed by atoms with E-state index in [1.807, 2.05) is 6.07 Å². The lowest BCUT2D eigenvalue weighted by Crippen LogP contribution is -2.24. The summed E-state index contributed by atoms with van der Waals surface area (Å²) in [5, 5.41) is 9.50. The standard InChI is InChI=1S/C20H16F3N3OS/c1-12(15-5-3-4-6-16(15)20(21,22)23)9-17-26-18(27)19(2,28-17)13-7-8-25-14(10-13)11-24/h3-8,10,12H,9H2,1-2H3/t12-,19?/m1/s1. The van der Waals surface area contributed by atoms with E-state index in [4.69, 9.17) is 5.26 Å². The van der Waals surface area contributed by atoms with Crippen molar-refractivity contribution in [2.45, 2.75) is 37.1 Å². The van der Waals surface area contributed by atoms with Gasteiger partial charge in [0.1, 0.15) is 16.5 Å². The Bertz CT molecular complexity index is 997. The van der Waals surface area contributed by atoms with Gasteiger partial charge < -0.3 is 0 Å². The van der Waals surface area contributed by atoms with Gasteiger partial charge in [-0.05, 0) is 42.2 Å². The Balaban J connectivity index is 1.83. The summed E-state index contributed by atoms with van der Waals surface area (Å²) in [7, 11) is 0. The number of pyridine rings is 1. The van der Waals surface area contributed by atoms with Crippen LogP contribution >= 0.6 is 11.8 Å². The number of aromatic nitrogens is 1. The first kappa shape index (κ1) is 20.1. The van der Waals surface area contributed by atoms with Gasteiger partial charge in [0.15, 0.2) is 0 Å². The number of alkyl halides is 3. The van der Waals surface area contributed by atoms with Crippen molar-refractivity contribution in [1.29, 1.82) is 5.26 Å². The molecule has 0 radical (unpaired) electrons. The van der Waals surface area contributed by atoms with Crippen molar-refractivity contribution in [2.24, 2.45) is 4.99 Å². The van der Waals surface area contributed by atoms with Crippen LogP contribution in [0.1, 0.15) is 48.6 Å². The number of hydrogen-bond acceptors (Lipinski definition) is 4. The van der Waals surface area contributed by atoms with Crippen LogP contribution < -0.4 is 0 Å². The van der Waals surface area contributed by atoms with E-state index in [2.05, 4.69) is 9.98 Å². The van der Waals surface area contributed by atoms with Crippen molar-refractivity contribution >= 4 is 22.7 Å². The molecule has 0 bridgehead atoms. The van der Waals surface area contributed by atoms with Crippen molar-refractivity contribution in [2.75, 3.05) is 0 Å². The number of rotatable bonds is 4. The SMILES string of the molecule is C[C@H](CC1=NC(=O)C(C)(c2ccnc(C#N)c2)S1)c1ccccc1C(F)(F)F. The third-order valence-electron chi connectivity index (χ3n) is 4.66. The molecule has 8 heteroatoms. The molecule has 0 aliphatic carbocycles. The van der Waals surface area contributed by atoms with Crippen LogP contribution in [-0.2, 0) is 15.7 Å². The number of amides is 1. The highest BCUT2D eigenvalue weighted by Crippen LogP contribution is 2.45. The molecule has 28 heavy (non-hydrogen) atoms. The van der Waals surface area contributed by atoms with Crippen LogP contribution in [0, 0.1) is 11.3 Å². The number of benzene rings is 1. The van der Waals surface area contributed by atoms with Gasteiger partial charge in [0.05, 0.1) is 10.6 Å². The van der Waals surface area contributed by atoms with E-state index in [-0.39, 0.29) is 23.6 Å².